The maximum absolute atomic E-state index is 11.0. The molecule has 0 aromatic carbocycles. The van der Waals surface area contributed by atoms with E-state index in [1.54, 1.807) is 0 Å². The highest BCUT2D eigenvalue weighted by atomic mass is 16.6. The highest BCUT2D eigenvalue weighted by Crippen LogP contribution is 2.07. The first-order valence-corrected chi connectivity index (χ1v) is 3.93. The molecule has 4 heteroatoms. The number of hydroxylamine groups is 1. The summed E-state index contributed by atoms with van der Waals surface area (Å²) < 4.78 is 5.05. The van der Waals surface area contributed by atoms with Crippen molar-refractivity contribution in [2.24, 2.45) is 0 Å². The third-order valence-corrected chi connectivity index (χ3v) is 0.996. The van der Waals surface area contributed by atoms with Crippen molar-refractivity contribution in [3.63, 3.8) is 0 Å². The molecular formula is C8H17NO3. The summed E-state index contributed by atoms with van der Waals surface area (Å²) >= 11 is 0. The van der Waals surface area contributed by atoms with Gasteiger partial charge >= 0.3 is 5.97 Å². The van der Waals surface area contributed by atoms with Gasteiger partial charge in [-0.15, -0.1) is 0 Å². The number of carbonyl (C=O) groups excluding carboxylic acids is 1. The summed E-state index contributed by atoms with van der Waals surface area (Å²) in [6.07, 6.45) is 0.325. The minimum absolute atomic E-state index is 0.216. The molecule has 0 amide bonds. The van der Waals surface area contributed by atoms with Crippen LogP contribution in [0.5, 0.6) is 0 Å². The Hall–Kier alpha value is -0.610. The normalized spacial score (nSPS) is 11.3. The van der Waals surface area contributed by atoms with Crippen LogP contribution >= 0.6 is 0 Å². The van der Waals surface area contributed by atoms with E-state index in [2.05, 4.69) is 10.3 Å². The second-order valence-corrected chi connectivity index (χ2v) is 3.43. The van der Waals surface area contributed by atoms with E-state index in [-0.39, 0.29) is 5.97 Å². The fourth-order valence-electron chi connectivity index (χ4n) is 0.648. The van der Waals surface area contributed by atoms with Crippen molar-refractivity contribution in [1.82, 2.24) is 5.48 Å². The van der Waals surface area contributed by atoms with Crippen molar-refractivity contribution >= 4 is 5.97 Å². The molecule has 12 heavy (non-hydrogen) atoms. The van der Waals surface area contributed by atoms with Crippen LogP contribution in [0.25, 0.3) is 0 Å². The van der Waals surface area contributed by atoms with Gasteiger partial charge in [-0.1, -0.05) is 0 Å². The standard InChI is InChI=1S/C8H17NO3/c1-8(2,3)12-7(10)5-6-9-11-4/h9H,5-6H2,1-4H3. The van der Waals surface area contributed by atoms with Crippen LogP contribution in [0.2, 0.25) is 0 Å². The lowest BCUT2D eigenvalue weighted by Gasteiger charge is -2.19. The molecule has 0 aliphatic carbocycles. The van der Waals surface area contributed by atoms with Crippen LogP contribution in [0.4, 0.5) is 0 Å². The van der Waals surface area contributed by atoms with Gasteiger partial charge in [0.05, 0.1) is 13.5 Å². The van der Waals surface area contributed by atoms with Crippen LogP contribution in [0.1, 0.15) is 27.2 Å². The van der Waals surface area contributed by atoms with E-state index in [1.165, 1.54) is 7.11 Å². The maximum Gasteiger partial charge on any atom is 0.307 e. The third-order valence-electron chi connectivity index (χ3n) is 0.996. The van der Waals surface area contributed by atoms with Crippen molar-refractivity contribution in [2.75, 3.05) is 13.7 Å². The lowest BCUT2D eigenvalue weighted by atomic mass is 10.2. The highest BCUT2D eigenvalue weighted by Gasteiger charge is 2.15. The zero-order valence-corrected chi connectivity index (χ0v) is 8.14. The molecule has 0 atom stereocenters. The van der Waals surface area contributed by atoms with Gasteiger partial charge in [0.1, 0.15) is 5.60 Å². The van der Waals surface area contributed by atoms with E-state index in [0.717, 1.165) is 0 Å². The van der Waals surface area contributed by atoms with Crippen LogP contribution in [0.3, 0.4) is 0 Å². The molecule has 0 saturated heterocycles. The average molecular weight is 175 g/mol. The first-order valence-electron chi connectivity index (χ1n) is 3.93. The molecule has 0 aliphatic rings. The van der Waals surface area contributed by atoms with Crippen LogP contribution in [0.15, 0.2) is 0 Å². The number of ether oxygens (including phenoxy) is 1. The lowest BCUT2D eigenvalue weighted by Crippen LogP contribution is -2.26. The maximum atomic E-state index is 11.0. The molecule has 0 aromatic heterocycles. The second-order valence-electron chi connectivity index (χ2n) is 3.43. The van der Waals surface area contributed by atoms with E-state index >= 15 is 0 Å². The SMILES string of the molecule is CONCCC(=O)OC(C)(C)C. The predicted molar refractivity (Wildman–Crippen MR) is 45.5 cm³/mol. The number of esters is 1. The monoisotopic (exact) mass is 175 g/mol. The van der Waals surface area contributed by atoms with Crippen molar-refractivity contribution in [3.05, 3.63) is 0 Å². The van der Waals surface area contributed by atoms with Gasteiger partial charge in [0.25, 0.3) is 0 Å². The Morgan fingerprint density at radius 1 is 1.42 bits per heavy atom. The Balaban J connectivity index is 3.47. The largest absolute Gasteiger partial charge is 0.460 e. The fourth-order valence-corrected chi connectivity index (χ4v) is 0.648. The Kier molecular flexibility index (Phi) is 4.85. The van der Waals surface area contributed by atoms with E-state index in [4.69, 9.17) is 4.74 Å². The summed E-state index contributed by atoms with van der Waals surface area (Å²) in [5.41, 5.74) is 2.17. The molecule has 0 spiro atoms. The number of hydrogen-bond donors (Lipinski definition) is 1. The molecule has 0 bridgehead atoms. The highest BCUT2D eigenvalue weighted by molar-refractivity contribution is 5.69. The van der Waals surface area contributed by atoms with Gasteiger partial charge in [0, 0.05) is 6.54 Å². The van der Waals surface area contributed by atoms with Crippen molar-refractivity contribution in [2.45, 2.75) is 32.8 Å². The van der Waals surface area contributed by atoms with E-state index in [9.17, 15) is 4.79 Å². The molecule has 0 fully saturated rings. The topological polar surface area (TPSA) is 47.6 Å². The Bertz CT molecular complexity index is 140. The Morgan fingerprint density at radius 3 is 2.42 bits per heavy atom. The summed E-state index contributed by atoms with van der Waals surface area (Å²) in [7, 11) is 1.51. The molecule has 0 saturated carbocycles. The number of nitrogens with one attached hydrogen (secondary N) is 1. The summed E-state index contributed by atoms with van der Waals surface area (Å²) in [6.45, 7) is 6.00. The van der Waals surface area contributed by atoms with Gasteiger partial charge in [-0.2, -0.15) is 0 Å². The fraction of sp³-hybridized carbons (Fsp3) is 0.875. The smallest absolute Gasteiger partial charge is 0.307 e. The minimum atomic E-state index is -0.399. The second kappa shape index (κ2) is 5.11. The van der Waals surface area contributed by atoms with E-state index < -0.39 is 5.60 Å². The van der Waals surface area contributed by atoms with Crippen LogP contribution in [-0.4, -0.2) is 25.2 Å². The summed E-state index contributed by atoms with van der Waals surface area (Å²) in [5.74, 6) is -0.216. The van der Waals surface area contributed by atoms with E-state index in [0.29, 0.717) is 13.0 Å². The third kappa shape index (κ3) is 7.50. The van der Waals surface area contributed by atoms with Crippen LogP contribution < -0.4 is 5.48 Å². The average Bonchev–Trinajstić information content (AvgIpc) is 1.84. The molecule has 1 N–H and O–H groups in total. The van der Waals surface area contributed by atoms with Crippen molar-refractivity contribution in [3.8, 4) is 0 Å². The van der Waals surface area contributed by atoms with Gasteiger partial charge in [-0.3, -0.25) is 4.79 Å². The molecule has 0 radical (unpaired) electrons. The molecule has 0 unspecified atom stereocenters. The molecule has 0 aliphatic heterocycles. The zero-order chi connectivity index (χ0) is 9.61. The molecule has 0 heterocycles. The molecule has 72 valence electrons. The molecule has 0 rings (SSSR count). The van der Waals surface area contributed by atoms with Crippen LogP contribution in [-0.2, 0) is 14.4 Å². The quantitative estimate of drug-likeness (QED) is 0.391. The van der Waals surface area contributed by atoms with E-state index in [1.807, 2.05) is 20.8 Å². The van der Waals surface area contributed by atoms with Crippen molar-refractivity contribution in [1.29, 1.82) is 0 Å². The summed E-state index contributed by atoms with van der Waals surface area (Å²) in [6, 6.07) is 0. The first kappa shape index (κ1) is 11.4. The molecular weight excluding hydrogens is 158 g/mol. The van der Waals surface area contributed by atoms with Gasteiger partial charge < -0.3 is 9.57 Å². The zero-order valence-electron chi connectivity index (χ0n) is 8.14. The molecule has 0 aromatic rings. The number of rotatable bonds is 4. The van der Waals surface area contributed by atoms with Gasteiger partial charge in [-0.05, 0) is 20.8 Å². The lowest BCUT2D eigenvalue weighted by molar-refractivity contribution is -0.155. The van der Waals surface area contributed by atoms with Gasteiger partial charge in [0.15, 0.2) is 0 Å². The summed E-state index contributed by atoms with van der Waals surface area (Å²) in [5, 5.41) is 0. The summed E-state index contributed by atoms with van der Waals surface area (Å²) in [4.78, 5) is 15.6. The predicted octanol–water partition coefficient (Wildman–Crippen LogP) is 0.869. The number of carbonyl (C=O) groups is 1. The molecule has 4 nitrogen and oxygen atoms in total. The Labute approximate surface area is 73.2 Å². The Morgan fingerprint density at radius 2 is 2.00 bits per heavy atom. The van der Waals surface area contributed by atoms with Gasteiger partial charge in [0.2, 0.25) is 0 Å². The van der Waals surface area contributed by atoms with Crippen LogP contribution in [0, 0.1) is 0 Å². The number of hydrogen-bond acceptors (Lipinski definition) is 4. The first-order chi connectivity index (χ1) is 5.45. The van der Waals surface area contributed by atoms with Crippen molar-refractivity contribution < 1.29 is 14.4 Å². The minimum Gasteiger partial charge on any atom is -0.460 e. The van der Waals surface area contributed by atoms with Gasteiger partial charge in [-0.25, -0.2) is 5.48 Å².